The number of sulfonamides is 1. The molecule has 0 bridgehead atoms. The first-order valence-corrected chi connectivity index (χ1v) is 8.53. The van der Waals surface area contributed by atoms with Gasteiger partial charge in [0.2, 0.25) is 10.0 Å². The van der Waals surface area contributed by atoms with Gasteiger partial charge in [-0.15, -0.1) is 0 Å². The van der Waals surface area contributed by atoms with Crippen molar-refractivity contribution in [3.05, 3.63) is 53.3 Å². The summed E-state index contributed by atoms with van der Waals surface area (Å²) < 4.78 is 28.0. The van der Waals surface area contributed by atoms with Crippen molar-refractivity contribution in [1.29, 1.82) is 0 Å². The molecule has 0 radical (unpaired) electrons. The van der Waals surface area contributed by atoms with Crippen molar-refractivity contribution in [2.75, 3.05) is 7.05 Å². The second kappa shape index (κ2) is 6.17. The molecule has 0 aliphatic heterocycles. The number of nitrogens with zero attached hydrogens (tertiary/aromatic N) is 2. The third-order valence-corrected chi connectivity index (χ3v) is 5.87. The zero-order valence-electron chi connectivity index (χ0n) is 13.5. The van der Waals surface area contributed by atoms with E-state index in [9.17, 15) is 13.2 Å². The number of benzene rings is 1. The Kier molecular flexibility index (Phi) is 4.63. The monoisotopic (exact) mass is 336 g/mol. The maximum absolute atomic E-state index is 12.7. The Hall–Kier alpha value is -2.12. The predicted octanol–water partition coefficient (Wildman–Crippen LogP) is 2.41. The van der Waals surface area contributed by atoms with E-state index in [4.69, 9.17) is 5.11 Å². The summed E-state index contributed by atoms with van der Waals surface area (Å²) in [4.78, 5) is 11.1. The number of aromatic nitrogens is 1. The van der Waals surface area contributed by atoms with E-state index in [1.807, 2.05) is 31.2 Å². The number of hydrogen-bond acceptors (Lipinski definition) is 3. The molecule has 0 fully saturated rings. The highest BCUT2D eigenvalue weighted by Gasteiger charge is 2.28. The van der Waals surface area contributed by atoms with Gasteiger partial charge in [-0.05, 0) is 25.5 Å². The molecule has 0 aliphatic rings. The molecule has 1 atom stereocenters. The number of rotatable bonds is 5. The molecular weight excluding hydrogens is 316 g/mol. The van der Waals surface area contributed by atoms with Gasteiger partial charge in [-0.3, -0.25) is 0 Å². The number of hydrogen-bond donors (Lipinski definition) is 1. The third kappa shape index (κ3) is 3.30. The Bertz CT molecular complexity index is 822. The van der Waals surface area contributed by atoms with E-state index < -0.39 is 16.0 Å². The maximum Gasteiger partial charge on any atom is 0.352 e. The zero-order chi connectivity index (χ0) is 17.4. The molecule has 0 aliphatic carbocycles. The molecule has 23 heavy (non-hydrogen) atoms. The van der Waals surface area contributed by atoms with Gasteiger partial charge in [-0.1, -0.05) is 29.8 Å². The van der Waals surface area contributed by atoms with E-state index in [0.29, 0.717) is 0 Å². The van der Waals surface area contributed by atoms with Crippen LogP contribution < -0.4 is 0 Å². The molecule has 1 aromatic heterocycles. The van der Waals surface area contributed by atoms with E-state index >= 15 is 0 Å². The minimum absolute atomic E-state index is 0.0288. The highest BCUT2D eigenvalue weighted by molar-refractivity contribution is 7.89. The van der Waals surface area contributed by atoms with E-state index in [2.05, 4.69) is 0 Å². The lowest BCUT2D eigenvalue weighted by Gasteiger charge is -2.24. The molecule has 1 heterocycles. The molecule has 1 aromatic carbocycles. The molecule has 0 amide bonds. The van der Waals surface area contributed by atoms with Gasteiger partial charge in [-0.25, -0.2) is 13.2 Å². The van der Waals surface area contributed by atoms with Crippen LogP contribution in [0, 0.1) is 6.92 Å². The standard InChI is InChI=1S/C16H20N2O4S/c1-11-5-7-13(8-6-11)12(2)18(4)23(21,22)14-9-15(16(19)20)17(3)10-14/h5-10,12H,1-4H3,(H,19,20). The van der Waals surface area contributed by atoms with E-state index in [-0.39, 0.29) is 16.6 Å². The molecule has 1 N–H and O–H groups in total. The quantitative estimate of drug-likeness (QED) is 0.909. The summed E-state index contributed by atoms with van der Waals surface area (Å²) in [6, 6.07) is 8.44. The van der Waals surface area contributed by atoms with Crippen molar-refractivity contribution in [2.24, 2.45) is 7.05 Å². The summed E-state index contributed by atoms with van der Waals surface area (Å²) in [6.45, 7) is 3.76. The van der Waals surface area contributed by atoms with Crippen LogP contribution in [0.3, 0.4) is 0 Å². The van der Waals surface area contributed by atoms with Crippen LogP contribution in [0.5, 0.6) is 0 Å². The number of aryl methyl sites for hydroxylation is 2. The largest absolute Gasteiger partial charge is 0.477 e. The Morgan fingerprint density at radius 3 is 2.30 bits per heavy atom. The number of carboxylic acids is 1. The molecule has 0 saturated carbocycles. The minimum Gasteiger partial charge on any atom is -0.477 e. The fraction of sp³-hybridized carbons (Fsp3) is 0.312. The highest BCUT2D eigenvalue weighted by Crippen LogP contribution is 2.26. The number of carboxylic acid groups (broad SMARTS) is 1. The third-order valence-electron chi connectivity index (χ3n) is 3.98. The summed E-state index contributed by atoms with van der Waals surface area (Å²) in [5.74, 6) is -1.16. The average molecular weight is 336 g/mol. The smallest absolute Gasteiger partial charge is 0.352 e. The molecular formula is C16H20N2O4S. The van der Waals surface area contributed by atoms with Crippen LogP contribution >= 0.6 is 0 Å². The van der Waals surface area contributed by atoms with Crippen LogP contribution in [0.4, 0.5) is 0 Å². The van der Waals surface area contributed by atoms with Gasteiger partial charge < -0.3 is 9.67 Å². The summed E-state index contributed by atoms with van der Waals surface area (Å²) >= 11 is 0. The summed E-state index contributed by atoms with van der Waals surface area (Å²) in [6.07, 6.45) is 1.32. The van der Waals surface area contributed by atoms with Gasteiger partial charge in [-0.2, -0.15) is 4.31 Å². The van der Waals surface area contributed by atoms with E-state index in [0.717, 1.165) is 11.1 Å². The van der Waals surface area contributed by atoms with Crippen molar-refractivity contribution >= 4 is 16.0 Å². The van der Waals surface area contributed by atoms with Crippen LogP contribution in [-0.4, -0.2) is 35.4 Å². The Labute approximate surface area is 136 Å². The first kappa shape index (κ1) is 17.2. The molecule has 2 rings (SSSR count). The molecule has 6 nitrogen and oxygen atoms in total. The predicted molar refractivity (Wildman–Crippen MR) is 86.9 cm³/mol. The number of carbonyl (C=O) groups is 1. The molecule has 0 saturated heterocycles. The maximum atomic E-state index is 12.7. The van der Waals surface area contributed by atoms with Crippen molar-refractivity contribution in [3.8, 4) is 0 Å². The minimum atomic E-state index is -3.78. The van der Waals surface area contributed by atoms with Crippen LogP contribution in [0.1, 0.15) is 34.6 Å². The van der Waals surface area contributed by atoms with Gasteiger partial charge in [0, 0.05) is 26.3 Å². The summed E-state index contributed by atoms with van der Waals surface area (Å²) in [5.41, 5.74) is 1.90. The van der Waals surface area contributed by atoms with E-state index in [1.54, 1.807) is 6.92 Å². The lowest BCUT2D eigenvalue weighted by molar-refractivity contribution is 0.0686. The van der Waals surface area contributed by atoms with Gasteiger partial charge in [0.25, 0.3) is 0 Å². The Balaban J connectivity index is 2.36. The van der Waals surface area contributed by atoms with Gasteiger partial charge >= 0.3 is 5.97 Å². The summed E-state index contributed by atoms with van der Waals surface area (Å²) in [7, 11) is -0.783. The Morgan fingerprint density at radius 1 is 1.26 bits per heavy atom. The molecule has 2 aromatic rings. The fourth-order valence-corrected chi connectivity index (χ4v) is 3.74. The summed E-state index contributed by atoms with van der Waals surface area (Å²) in [5, 5.41) is 9.07. The normalized spacial score (nSPS) is 13.3. The van der Waals surface area contributed by atoms with E-state index in [1.165, 1.54) is 35.2 Å². The Morgan fingerprint density at radius 2 is 1.83 bits per heavy atom. The highest BCUT2D eigenvalue weighted by atomic mass is 32.2. The van der Waals surface area contributed by atoms with Crippen molar-refractivity contribution in [3.63, 3.8) is 0 Å². The first-order chi connectivity index (χ1) is 10.6. The number of aromatic carboxylic acids is 1. The van der Waals surface area contributed by atoms with Crippen LogP contribution in [-0.2, 0) is 17.1 Å². The van der Waals surface area contributed by atoms with Crippen LogP contribution in [0.25, 0.3) is 0 Å². The molecule has 0 spiro atoms. The first-order valence-electron chi connectivity index (χ1n) is 7.09. The lowest BCUT2D eigenvalue weighted by Crippen LogP contribution is -2.29. The molecule has 124 valence electrons. The van der Waals surface area contributed by atoms with Crippen LogP contribution in [0.2, 0.25) is 0 Å². The van der Waals surface area contributed by atoms with Gasteiger partial charge in [0.15, 0.2) is 0 Å². The second-order valence-corrected chi connectivity index (χ2v) is 7.58. The molecule has 7 heteroatoms. The van der Waals surface area contributed by atoms with Crippen molar-refractivity contribution in [1.82, 2.24) is 8.87 Å². The van der Waals surface area contributed by atoms with Crippen molar-refractivity contribution < 1.29 is 18.3 Å². The van der Waals surface area contributed by atoms with Gasteiger partial charge in [0.05, 0.1) is 0 Å². The topological polar surface area (TPSA) is 79.6 Å². The SMILES string of the molecule is Cc1ccc(C(C)N(C)S(=O)(=O)c2cc(C(=O)O)n(C)c2)cc1. The fourth-order valence-electron chi connectivity index (χ4n) is 2.32. The lowest BCUT2D eigenvalue weighted by atomic mass is 10.1. The van der Waals surface area contributed by atoms with Gasteiger partial charge in [0.1, 0.15) is 10.6 Å². The van der Waals surface area contributed by atoms with Crippen LogP contribution in [0.15, 0.2) is 41.4 Å². The van der Waals surface area contributed by atoms with Crippen molar-refractivity contribution in [2.45, 2.75) is 24.8 Å². The molecule has 1 unspecified atom stereocenters. The zero-order valence-corrected chi connectivity index (χ0v) is 14.3. The second-order valence-electron chi connectivity index (χ2n) is 5.59. The average Bonchev–Trinajstić information content (AvgIpc) is 2.89.